The molecule has 0 atom stereocenters. The number of hydrogen-bond donors (Lipinski definition) is 2. The van der Waals surface area contributed by atoms with Crippen LogP contribution in [0.5, 0.6) is 11.5 Å². The van der Waals surface area contributed by atoms with Crippen LogP contribution in [0.15, 0.2) is 89.2 Å². The van der Waals surface area contributed by atoms with Gasteiger partial charge in [-0.25, -0.2) is 0 Å². The lowest BCUT2D eigenvalue weighted by Gasteiger charge is -2.11. The van der Waals surface area contributed by atoms with Gasteiger partial charge in [0, 0.05) is 5.69 Å². The Morgan fingerprint density at radius 1 is 0.844 bits per heavy atom. The fourth-order valence-corrected chi connectivity index (χ4v) is 3.39. The molecule has 2 heterocycles. The second kappa shape index (κ2) is 8.31. The summed E-state index contributed by atoms with van der Waals surface area (Å²) in [5.41, 5.74) is 1.33. The molecule has 3 aromatic carbocycles. The van der Waals surface area contributed by atoms with E-state index in [1.807, 2.05) is 42.5 Å². The van der Waals surface area contributed by atoms with Crippen molar-refractivity contribution in [2.24, 2.45) is 0 Å². The SMILES string of the molecule is O=C(Nc1ccc2ccccc2c1)C(=Cc1ccc2c(c1)OCO2)NC(=O)c1ccco1. The molecule has 1 aliphatic heterocycles. The van der Waals surface area contributed by atoms with Crippen LogP contribution < -0.4 is 20.1 Å². The van der Waals surface area contributed by atoms with Gasteiger partial charge >= 0.3 is 0 Å². The van der Waals surface area contributed by atoms with E-state index in [1.54, 1.807) is 30.3 Å². The van der Waals surface area contributed by atoms with E-state index in [4.69, 9.17) is 13.9 Å². The van der Waals surface area contributed by atoms with Gasteiger partial charge in [-0.1, -0.05) is 36.4 Å². The van der Waals surface area contributed by atoms with Crippen LogP contribution in [-0.2, 0) is 4.79 Å². The number of anilines is 1. The van der Waals surface area contributed by atoms with Crippen LogP contribution in [0.1, 0.15) is 16.1 Å². The van der Waals surface area contributed by atoms with E-state index >= 15 is 0 Å². The zero-order valence-electron chi connectivity index (χ0n) is 16.8. The third-order valence-electron chi connectivity index (χ3n) is 4.95. The Bertz CT molecular complexity index is 1340. The molecule has 0 unspecified atom stereocenters. The van der Waals surface area contributed by atoms with Crippen LogP contribution in [0.3, 0.4) is 0 Å². The highest BCUT2D eigenvalue weighted by molar-refractivity contribution is 6.10. The molecule has 7 nitrogen and oxygen atoms in total. The molecule has 1 aromatic heterocycles. The number of nitrogens with one attached hydrogen (secondary N) is 2. The first-order chi connectivity index (χ1) is 15.7. The molecule has 1 aliphatic rings. The van der Waals surface area contributed by atoms with Crippen molar-refractivity contribution in [2.45, 2.75) is 0 Å². The van der Waals surface area contributed by atoms with Crippen LogP contribution in [-0.4, -0.2) is 18.6 Å². The summed E-state index contributed by atoms with van der Waals surface area (Å²) in [5.74, 6) is 0.294. The van der Waals surface area contributed by atoms with Gasteiger partial charge in [-0.05, 0) is 58.8 Å². The normalized spacial score (nSPS) is 12.6. The second-order valence-corrected chi connectivity index (χ2v) is 7.12. The van der Waals surface area contributed by atoms with Crippen molar-refractivity contribution in [3.8, 4) is 11.5 Å². The lowest BCUT2D eigenvalue weighted by atomic mass is 10.1. The molecule has 7 heteroatoms. The minimum atomic E-state index is -0.532. The molecule has 2 amide bonds. The zero-order valence-corrected chi connectivity index (χ0v) is 16.8. The molecule has 0 aliphatic carbocycles. The molecule has 0 saturated carbocycles. The maximum Gasteiger partial charge on any atom is 0.291 e. The monoisotopic (exact) mass is 426 g/mol. The van der Waals surface area contributed by atoms with Gasteiger partial charge < -0.3 is 24.5 Å². The van der Waals surface area contributed by atoms with E-state index in [2.05, 4.69) is 10.6 Å². The van der Waals surface area contributed by atoms with Gasteiger partial charge in [0.05, 0.1) is 6.26 Å². The van der Waals surface area contributed by atoms with Gasteiger partial charge in [-0.2, -0.15) is 0 Å². The predicted octanol–water partition coefficient (Wildman–Crippen LogP) is 4.57. The molecule has 0 saturated heterocycles. The number of amides is 2. The van der Waals surface area contributed by atoms with Crippen molar-refractivity contribution in [3.05, 3.63) is 96.1 Å². The molecule has 0 bridgehead atoms. The average Bonchev–Trinajstić information content (AvgIpc) is 3.50. The third-order valence-corrected chi connectivity index (χ3v) is 4.95. The molecule has 158 valence electrons. The van der Waals surface area contributed by atoms with E-state index < -0.39 is 11.8 Å². The number of carbonyl (C=O) groups is 2. The van der Waals surface area contributed by atoms with Gasteiger partial charge in [0.15, 0.2) is 17.3 Å². The highest BCUT2D eigenvalue weighted by Crippen LogP contribution is 2.33. The molecular formula is C25H18N2O5. The third kappa shape index (κ3) is 4.04. The van der Waals surface area contributed by atoms with Crippen LogP contribution in [0.25, 0.3) is 16.8 Å². The number of rotatable bonds is 5. The van der Waals surface area contributed by atoms with Crippen LogP contribution in [0.2, 0.25) is 0 Å². The summed E-state index contributed by atoms with van der Waals surface area (Å²) in [4.78, 5) is 25.7. The fraction of sp³-hybridized carbons (Fsp3) is 0.0400. The van der Waals surface area contributed by atoms with Crippen molar-refractivity contribution in [3.63, 3.8) is 0 Å². The molecule has 4 aromatic rings. The topological polar surface area (TPSA) is 89.8 Å². The number of carbonyl (C=O) groups excluding carboxylic acids is 2. The summed E-state index contributed by atoms with van der Waals surface area (Å²) in [6, 6.07) is 21.9. The van der Waals surface area contributed by atoms with E-state index in [-0.39, 0.29) is 18.3 Å². The molecule has 0 radical (unpaired) electrons. The summed E-state index contributed by atoms with van der Waals surface area (Å²) in [6.07, 6.45) is 2.96. The Kier molecular flexibility index (Phi) is 5.05. The molecule has 0 spiro atoms. The maximum absolute atomic E-state index is 13.1. The quantitative estimate of drug-likeness (QED) is 0.456. The highest BCUT2D eigenvalue weighted by atomic mass is 16.7. The maximum atomic E-state index is 13.1. The molecular weight excluding hydrogens is 408 g/mol. The van der Waals surface area contributed by atoms with Crippen molar-refractivity contribution in [1.82, 2.24) is 5.32 Å². The number of furan rings is 1. The summed E-state index contributed by atoms with van der Waals surface area (Å²) in [5, 5.41) is 7.54. The molecule has 0 fully saturated rings. The standard InChI is InChI=1S/C25H18N2O5/c28-24(26-19-9-8-17-4-1-2-5-18(17)14-19)20(27-25(29)22-6-3-11-30-22)12-16-7-10-21-23(13-16)32-15-31-21/h1-14H,15H2,(H,26,28)(H,27,29). The Morgan fingerprint density at radius 2 is 1.69 bits per heavy atom. The Hall–Kier alpha value is -4.52. The van der Waals surface area contributed by atoms with Gasteiger partial charge in [0.1, 0.15) is 5.70 Å². The van der Waals surface area contributed by atoms with Crippen LogP contribution in [0.4, 0.5) is 5.69 Å². The Morgan fingerprint density at radius 3 is 2.53 bits per heavy atom. The van der Waals surface area contributed by atoms with Crippen LogP contribution >= 0.6 is 0 Å². The number of ether oxygens (including phenoxy) is 2. The number of benzene rings is 3. The van der Waals surface area contributed by atoms with Crippen molar-refractivity contribution >= 4 is 34.4 Å². The molecule has 2 N–H and O–H groups in total. The predicted molar refractivity (Wildman–Crippen MR) is 119 cm³/mol. The van der Waals surface area contributed by atoms with E-state index in [0.29, 0.717) is 22.7 Å². The van der Waals surface area contributed by atoms with Crippen LogP contribution in [0, 0.1) is 0 Å². The van der Waals surface area contributed by atoms with Crippen molar-refractivity contribution in [2.75, 3.05) is 12.1 Å². The van der Waals surface area contributed by atoms with Gasteiger partial charge in [-0.15, -0.1) is 0 Å². The smallest absolute Gasteiger partial charge is 0.291 e. The minimum absolute atomic E-state index is 0.0541. The lowest BCUT2D eigenvalue weighted by molar-refractivity contribution is -0.113. The molecule has 5 rings (SSSR count). The fourth-order valence-electron chi connectivity index (χ4n) is 3.39. The largest absolute Gasteiger partial charge is 0.459 e. The number of hydrogen-bond acceptors (Lipinski definition) is 5. The van der Waals surface area contributed by atoms with Crippen molar-refractivity contribution in [1.29, 1.82) is 0 Å². The Balaban J connectivity index is 1.44. The first-order valence-electron chi connectivity index (χ1n) is 9.92. The average molecular weight is 426 g/mol. The summed E-state index contributed by atoms with van der Waals surface area (Å²) < 4.78 is 15.9. The van der Waals surface area contributed by atoms with E-state index in [0.717, 1.165) is 10.8 Å². The van der Waals surface area contributed by atoms with E-state index in [1.165, 1.54) is 12.3 Å². The first kappa shape index (κ1) is 19.4. The lowest BCUT2D eigenvalue weighted by Crippen LogP contribution is -2.30. The first-order valence-corrected chi connectivity index (χ1v) is 9.92. The van der Waals surface area contributed by atoms with Gasteiger partial charge in [0.2, 0.25) is 6.79 Å². The number of fused-ring (bicyclic) bond motifs is 2. The molecule has 32 heavy (non-hydrogen) atoms. The second-order valence-electron chi connectivity index (χ2n) is 7.12. The van der Waals surface area contributed by atoms with Gasteiger partial charge in [-0.3, -0.25) is 9.59 Å². The summed E-state index contributed by atoms with van der Waals surface area (Å²) in [7, 11) is 0. The van der Waals surface area contributed by atoms with E-state index in [9.17, 15) is 9.59 Å². The summed E-state index contributed by atoms with van der Waals surface area (Å²) >= 11 is 0. The minimum Gasteiger partial charge on any atom is -0.459 e. The van der Waals surface area contributed by atoms with Crippen molar-refractivity contribution < 1.29 is 23.5 Å². The highest BCUT2D eigenvalue weighted by Gasteiger charge is 2.18. The van der Waals surface area contributed by atoms with Gasteiger partial charge in [0.25, 0.3) is 11.8 Å². The zero-order chi connectivity index (χ0) is 21.9. The summed E-state index contributed by atoms with van der Waals surface area (Å²) in [6.45, 7) is 0.146. The Labute approximate surface area is 183 Å².